The summed E-state index contributed by atoms with van der Waals surface area (Å²) in [6.45, 7) is -0.275. The van der Waals surface area contributed by atoms with Gasteiger partial charge in [-0.15, -0.1) is 0 Å². The monoisotopic (exact) mass is 329 g/mol. The van der Waals surface area contributed by atoms with Crippen molar-refractivity contribution in [3.05, 3.63) is 34.3 Å². The quantitative estimate of drug-likeness (QED) is 0.704. The van der Waals surface area contributed by atoms with Gasteiger partial charge in [0.15, 0.2) is 0 Å². The van der Waals surface area contributed by atoms with E-state index in [9.17, 15) is 9.59 Å². The van der Waals surface area contributed by atoms with Crippen LogP contribution in [0.1, 0.15) is 18.4 Å². The highest BCUT2D eigenvalue weighted by Gasteiger charge is 2.18. The molecule has 0 radical (unpaired) electrons. The van der Waals surface area contributed by atoms with Gasteiger partial charge in [0.25, 0.3) is 0 Å². The fraction of sp³-hybridized carbons (Fsp3) is 0.385. The Labute approximate surface area is 119 Å². The second-order valence-electron chi connectivity index (χ2n) is 4.10. The summed E-state index contributed by atoms with van der Waals surface area (Å²) in [5.74, 6) is -1.47. The first-order valence-electron chi connectivity index (χ1n) is 5.90. The largest absolute Gasteiger partial charge is 0.480 e. The number of aryl methyl sites for hydroxylation is 1. The van der Waals surface area contributed by atoms with E-state index in [4.69, 9.17) is 10.2 Å². The molecule has 0 bridgehead atoms. The van der Waals surface area contributed by atoms with E-state index in [1.807, 2.05) is 24.3 Å². The molecule has 104 valence electrons. The van der Waals surface area contributed by atoms with Crippen molar-refractivity contribution in [2.75, 3.05) is 6.61 Å². The van der Waals surface area contributed by atoms with E-state index in [0.29, 0.717) is 6.42 Å². The molecule has 0 aromatic heterocycles. The first-order valence-corrected chi connectivity index (χ1v) is 6.69. The lowest BCUT2D eigenvalue weighted by molar-refractivity contribution is -0.142. The third kappa shape index (κ3) is 5.85. The van der Waals surface area contributed by atoms with Crippen molar-refractivity contribution in [3.63, 3.8) is 0 Å². The Morgan fingerprint density at radius 1 is 1.37 bits per heavy atom. The summed E-state index contributed by atoms with van der Waals surface area (Å²) in [6, 6.07) is 6.56. The van der Waals surface area contributed by atoms with Crippen LogP contribution in [0.2, 0.25) is 0 Å². The molecule has 0 heterocycles. The molecule has 0 saturated heterocycles. The summed E-state index contributed by atoms with van der Waals surface area (Å²) in [6.07, 6.45) is 0.764. The number of rotatable bonds is 7. The third-order valence-corrected chi connectivity index (χ3v) is 3.07. The predicted molar refractivity (Wildman–Crippen MR) is 73.7 cm³/mol. The summed E-state index contributed by atoms with van der Waals surface area (Å²) in [5, 5.41) is 20.0. The maximum atomic E-state index is 11.6. The molecule has 1 aromatic rings. The highest BCUT2D eigenvalue weighted by atomic mass is 79.9. The number of aliphatic carboxylic acids is 1. The Morgan fingerprint density at radius 3 is 2.68 bits per heavy atom. The molecule has 0 aliphatic rings. The van der Waals surface area contributed by atoms with Gasteiger partial charge in [0.05, 0.1) is 0 Å². The van der Waals surface area contributed by atoms with Gasteiger partial charge in [0.2, 0.25) is 5.91 Å². The molecule has 0 unspecified atom stereocenters. The molecular formula is C13H16BrNO4. The van der Waals surface area contributed by atoms with E-state index in [1.54, 1.807) is 0 Å². The first-order chi connectivity index (χ1) is 9.02. The average Bonchev–Trinajstić information content (AvgIpc) is 2.36. The minimum Gasteiger partial charge on any atom is -0.480 e. The molecule has 0 aliphatic heterocycles. The minimum absolute atomic E-state index is 0.0119. The maximum Gasteiger partial charge on any atom is 0.326 e. The summed E-state index contributed by atoms with van der Waals surface area (Å²) < 4.78 is 0.939. The Hall–Kier alpha value is -1.40. The smallest absolute Gasteiger partial charge is 0.326 e. The number of carbonyl (C=O) groups excluding carboxylic acids is 1. The van der Waals surface area contributed by atoms with E-state index >= 15 is 0 Å². The number of carbonyl (C=O) groups is 2. The zero-order chi connectivity index (χ0) is 14.3. The number of carboxylic acid groups (broad SMARTS) is 1. The van der Waals surface area contributed by atoms with Crippen LogP contribution in [0.25, 0.3) is 0 Å². The number of hydrogen-bond acceptors (Lipinski definition) is 3. The van der Waals surface area contributed by atoms with Crippen LogP contribution in [0.5, 0.6) is 0 Å². The van der Waals surface area contributed by atoms with Crippen molar-refractivity contribution in [2.24, 2.45) is 0 Å². The Balaban J connectivity index is 2.44. The van der Waals surface area contributed by atoms with Crippen LogP contribution in [0.4, 0.5) is 0 Å². The molecule has 5 nitrogen and oxygen atoms in total. The molecule has 0 aliphatic carbocycles. The lowest BCUT2D eigenvalue weighted by Gasteiger charge is -2.13. The number of carboxylic acids is 1. The van der Waals surface area contributed by atoms with Gasteiger partial charge < -0.3 is 15.5 Å². The third-order valence-electron chi connectivity index (χ3n) is 2.58. The molecule has 1 atom stereocenters. The standard InChI is InChI=1S/C13H16BrNO4/c14-10-3-1-2-9(8-10)4-5-12(17)15-11(6-7-16)13(18)19/h1-3,8,11,16H,4-7H2,(H,15,17)(H,18,19)/t11-/m0/s1. The van der Waals surface area contributed by atoms with E-state index < -0.39 is 12.0 Å². The fourth-order valence-electron chi connectivity index (χ4n) is 1.60. The van der Waals surface area contributed by atoms with Crippen molar-refractivity contribution >= 4 is 27.8 Å². The van der Waals surface area contributed by atoms with Gasteiger partial charge in [0.1, 0.15) is 6.04 Å². The van der Waals surface area contributed by atoms with Crippen LogP contribution in [0.15, 0.2) is 28.7 Å². The minimum atomic E-state index is -1.13. The van der Waals surface area contributed by atoms with Crippen molar-refractivity contribution in [1.82, 2.24) is 5.32 Å². The Bertz CT molecular complexity index is 450. The second-order valence-corrected chi connectivity index (χ2v) is 5.02. The highest BCUT2D eigenvalue weighted by Crippen LogP contribution is 2.13. The SMILES string of the molecule is O=C(CCc1cccc(Br)c1)N[C@@H](CCO)C(=O)O. The molecule has 0 fully saturated rings. The molecule has 0 spiro atoms. The molecule has 0 saturated carbocycles. The van der Waals surface area contributed by atoms with E-state index in [0.717, 1.165) is 10.0 Å². The van der Waals surface area contributed by atoms with Gasteiger partial charge in [-0.1, -0.05) is 28.1 Å². The number of nitrogens with one attached hydrogen (secondary N) is 1. The van der Waals surface area contributed by atoms with Crippen LogP contribution in [-0.2, 0) is 16.0 Å². The van der Waals surface area contributed by atoms with E-state index in [-0.39, 0.29) is 25.4 Å². The normalized spacial score (nSPS) is 11.9. The van der Waals surface area contributed by atoms with Gasteiger partial charge in [-0.2, -0.15) is 0 Å². The predicted octanol–water partition coefficient (Wildman–Crippen LogP) is 1.33. The fourth-order valence-corrected chi connectivity index (χ4v) is 2.05. The molecule has 1 amide bonds. The zero-order valence-electron chi connectivity index (χ0n) is 10.3. The van der Waals surface area contributed by atoms with Crippen molar-refractivity contribution in [2.45, 2.75) is 25.3 Å². The number of amides is 1. The molecule has 1 rings (SSSR count). The first kappa shape index (κ1) is 15.7. The number of aliphatic hydroxyl groups excluding tert-OH is 1. The number of aliphatic hydroxyl groups is 1. The molecule has 19 heavy (non-hydrogen) atoms. The Morgan fingerprint density at radius 2 is 2.11 bits per heavy atom. The van der Waals surface area contributed by atoms with Crippen molar-refractivity contribution in [3.8, 4) is 0 Å². The average molecular weight is 330 g/mol. The number of halogens is 1. The molecule has 6 heteroatoms. The molecular weight excluding hydrogens is 314 g/mol. The Kier molecular flexibility index (Phi) is 6.52. The van der Waals surface area contributed by atoms with Crippen molar-refractivity contribution in [1.29, 1.82) is 0 Å². The highest BCUT2D eigenvalue weighted by molar-refractivity contribution is 9.10. The van der Waals surface area contributed by atoms with Crippen LogP contribution in [-0.4, -0.2) is 34.7 Å². The summed E-state index contributed by atoms with van der Waals surface area (Å²) >= 11 is 3.34. The van der Waals surface area contributed by atoms with Gasteiger partial charge in [-0.3, -0.25) is 4.79 Å². The molecule has 3 N–H and O–H groups in total. The van der Waals surface area contributed by atoms with E-state index in [2.05, 4.69) is 21.2 Å². The summed E-state index contributed by atoms with van der Waals surface area (Å²) in [7, 11) is 0. The van der Waals surface area contributed by atoms with Crippen LogP contribution >= 0.6 is 15.9 Å². The van der Waals surface area contributed by atoms with Gasteiger partial charge >= 0.3 is 5.97 Å². The van der Waals surface area contributed by atoms with Crippen LogP contribution in [0, 0.1) is 0 Å². The maximum absolute atomic E-state index is 11.6. The van der Waals surface area contributed by atoms with Crippen LogP contribution < -0.4 is 5.32 Å². The summed E-state index contributed by atoms with van der Waals surface area (Å²) in [5.41, 5.74) is 0.999. The van der Waals surface area contributed by atoms with Gasteiger partial charge in [0, 0.05) is 23.9 Å². The van der Waals surface area contributed by atoms with Crippen molar-refractivity contribution < 1.29 is 19.8 Å². The number of hydrogen-bond donors (Lipinski definition) is 3. The lowest BCUT2D eigenvalue weighted by Crippen LogP contribution is -2.41. The van der Waals surface area contributed by atoms with Gasteiger partial charge in [-0.25, -0.2) is 4.79 Å². The lowest BCUT2D eigenvalue weighted by atomic mass is 10.1. The summed E-state index contributed by atoms with van der Waals surface area (Å²) in [4.78, 5) is 22.4. The topological polar surface area (TPSA) is 86.6 Å². The van der Waals surface area contributed by atoms with E-state index in [1.165, 1.54) is 0 Å². The van der Waals surface area contributed by atoms with Gasteiger partial charge in [-0.05, 0) is 24.1 Å². The zero-order valence-corrected chi connectivity index (χ0v) is 11.9. The molecule has 1 aromatic carbocycles. The number of benzene rings is 1. The van der Waals surface area contributed by atoms with Crippen LogP contribution in [0.3, 0.4) is 0 Å². The second kappa shape index (κ2) is 7.91.